The van der Waals surface area contributed by atoms with Crippen LogP contribution in [0.3, 0.4) is 0 Å². The molecule has 0 bridgehead atoms. The van der Waals surface area contributed by atoms with Crippen molar-refractivity contribution in [2.24, 2.45) is 0 Å². The van der Waals surface area contributed by atoms with Gasteiger partial charge in [0.25, 0.3) is 0 Å². The summed E-state index contributed by atoms with van der Waals surface area (Å²) in [7, 11) is 0. The molecule has 1 unspecified atom stereocenters. The van der Waals surface area contributed by atoms with Crippen molar-refractivity contribution in [3.63, 3.8) is 0 Å². The lowest BCUT2D eigenvalue weighted by atomic mass is 9.98. The van der Waals surface area contributed by atoms with E-state index in [1.807, 2.05) is 13.8 Å². The summed E-state index contributed by atoms with van der Waals surface area (Å²) in [4.78, 5) is 0. The topological polar surface area (TPSA) is 45.0 Å². The maximum atomic E-state index is 13.0. The highest BCUT2D eigenvalue weighted by atomic mass is 19.2. The minimum Gasteiger partial charge on any atom is -0.493 e. The molecule has 0 heterocycles. The van der Waals surface area contributed by atoms with Gasteiger partial charge < -0.3 is 4.74 Å². The van der Waals surface area contributed by atoms with Gasteiger partial charge in [-0.15, -0.1) is 0 Å². The molecule has 0 saturated carbocycles. The molecule has 1 rings (SSSR count). The van der Waals surface area contributed by atoms with Crippen molar-refractivity contribution in [2.45, 2.75) is 38.6 Å². The standard InChI is InChI=1S/C15H20F2N2O/c1-3-8-19-15(2,11-18)7-4-9-20-12-5-6-13(16)14(17)10-12/h5-6,10,19H,3-4,7-9H2,1-2H3. The normalized spacial score (nSPS) is 13.6. The van der Waals surface area contributed by atoms with E-state index in [2.05, 4.69) is 11.4 Å². The summed E-state index contributed by atoms with van der Waals surface area (Å²) in [5.41, 5.74) is -0.576. The van der Waals surface area contributed by atoms with Gasteiger partial charge in [0.05, 0.1) is 12.7 Å². The lowest BCUT2D eigenvalue weighted by Crippen LogP contribution is -2.41. The van der Waals surface area contributed by atoms with E-state index in [4.69, 9.17) is 10.00 Å². The number of halogens is 2. The molecule has 110 valence electrons. The van der Waals surface area contributed by atoms with Crippen LogP contribution >= 0.6 is 0 Å². The van der Waals surface area contributed by atoms with Gasteiger partial charge in [0, 0.05) is 6.07 Å². The van der Waals surface area contributed by atoms with Gasteiger partial charge in [-0.1, -0.05) is 6.92 Å². The average molecular weight is 282 g/mol. The predicted octanol–water partition coefficient (Wildman–Crippen LogP) is 3.41. The van der Waals surface area contributed by atoms with Crippen molar-refractivity contribution in [3.05, 3.63) is 29.8 Å². The van der Waals surface area contributed by atoms with Gasteiger partial charge in [0.1, 0.15) is 11.3 Å². The average Bonchev–Trinajstić information content (AvgIpc) is 2.45. The van der Waals surface area contributed by atoms with Crippen LogP contribution in [0.1, 0.15) is 33.1 Å². The van der Waals surface area contributed by atoms with Crippen LogP contribution in [-0.2, 0) is 0 Å². The largest absolute Gasteiger partial charge is 0.493 e. The van der Waals surface area contributed by atoms with Crippen LogP contribution in [0.25, 0.3) is 0 Å². The summed E-state index contributed by atoms with van der Waals surface area (Å²) >= 11 is 0. The molecule has 1 atom stereocenters. The predicted molar refractivity (Wildman–Crippen MR) is 73.4 cm³/mol. The highest BCUT2D eigenvalue weighted by molar-refractivity contribution is 5.23. The van der Waals surface area contributed by atoms with Crippen LogP contribution in [0.2, 0.25) is 0 Å². The molecule has 0 saturated heterocycles. The third-order valence-corrected chi connectivity index (χ3v) is 2.99. The zero-order valence-electron chi connectivity index (χ0n) is 11.9. The highest BCUT2D eigenvalue weighted by Crippen LogP contribution is 2.17. The van der Waals surface area contributed by atoms with Crippen molar-refractivity contribution in [1.82, 2.24) is 5.32 Å². The van der Waals surface area contributed by atoms with Crippen LogP contribution in [0.5, 0.6) is 5.75 Å². The second-order valence-corrected chi connectivity index (χ2v) is 4.90. The third kappa shape index (κ3) is 5.14. The van der Waals surface area contributed by atoms with Gasteiger partial charge >= 0.3 is 0 Å². The molecule has 0 aliphatic rings. The second kappa shape index (κ2) is 7.81. The summed E-state index contributed by atoms with van der Waals surface area (Å²) in [6.07, 6.45) is 2.25. The molecular weight excluding hydrogens is 262 g/mol. The molecule has 0 spiro atoms. The van der Waals surface area contributed by atoms with E-state index in [0.717, 1.165) is 25.1 Å². The Morgan fingerprint density at radius 1 is 1.35 bits per heavy atom. The minimum atomic E-state index is -0.922. The maximum Gasteiger partial charge on any atom is 0.162 e. The van der Waals surface area contributed by atoms with Gasteiger partial charge in [-0.05, 0) is 44.9 Å². The first-order valence-electron chi connectivity index (χ1n) is 6.75. The summed E-state index contributed by atoms with van der Waals surface area (Å²) < 4.78 is 31.0. The lowest BCUT2D eigenvalue weighted by Gasteiger charge is -2.23. The van der Waals surface area contributed by atoms with E-state index in [1.54, 1.807) is 0 Å². The molecule has 1 N–H and O–H groups in total. The molecule has 0 aliphatic carbocycles. The third-order valence-electron chi connectivity index (χ3n) is 2.99. The summed E-state index contributed by atoms with van der Waals surface area (Å²) in [5, 5.41) is 12.3. The Labute approximate surface area is 118 Å². The summed E-state index contributed by atoms with van der Waals surface area (Å²) in [6, 6.07) is 5.69. The van der Waals surface area contributed by atoms with Gasteiger partial charge in [-0.2, -0.15) is 5.26 Å². The van der Waals surface area contributed by atoms with E-state index >= 15 is 0 Å². The fourth-order valence-corrected chi connectivity index (χ4v) is 1.77. The first kappa shape index (κ1) is 16.4. The highest BCUT2D eigenvalue weighted by Gasteiger charge is 2.21. The Morgan fingerprint density at radius 3 is 2.70 bits per heavy atom. The molecule has 5 heteroatoms. The number of ether oxygens (including phenoxy) is 1. The van der Waals surface area contributed by atoms with Crippen molar-refractivity contribution in [3.8, 4) is 11.8 Å². The van der Waals surface area contributed by atoms with Crippen molar-refractivity contribution >= 4 is 0 Å². The number of hydrogen-bond donors (Lipinski definition) is 1. The van der Waals surface area contributed by atoms with E-state index in [1.165, 1.54) is 6.07 Å². The Hall–Kier alpha value is -1.67. The molecule has 0 fully saturated rings. The zero-order chi connectivity index (χ0) is 15.0. The first-order valence-corrected chi connectivity index (χ1v) is 6.75. The number of nitrogens with zero attached hydrogens (tertiary/aromatic N) is 1. The summed E-state index contributed by atoms with van der Waals surface area (Å²) in [6.45, 7) is 5.03. The second-order valence-electron chi connectivity index (χ2n) is 4.90. The Balaban J connectivity index is 2.37. The van der Waals surface area contributed by atoms with E-state index < -0.39 is 17.2 Å². The SMILES string of the molecule is CCCNC(C)(C#N)CCCOc1ccc(F)c(F)c1. The Bertz CT molecular complexity index is 473. The van der Waals surface area contributed by atoms with Crippen molar-refractivity contribution in [2.75, 3.05) is 13.2 Å². The van der Waals surface area contributed by atoms with Crippen LogP contribution < -0.4 is 10.1 Å². The fraction of sp³-hybridized carbons (Fsp3) is 0.533. The zero-order valence-corrected chi connectivity index (χ0v) is 11.9. The minimum absolute atomic E-state index is 0.295. The van der Waals surface area contributed by atoms with Gasteiger partial charge in [0.2, 0.25) is 0 Å². The molecule has 0 aliphatic heterocycles. The quantitative estimate of drug-likeness (QED) is 0.743. The number of hydrogen-bond acceptors (Lipinski definition) is 3. The molecule has 1 aromatic rings. The molecule has 0 radical (unpaired) electrons. The van der Waals surface area contributed by atoms with Crippen molar-refractivity contribution in [1.29, 1.82) is 5.26 Å². The van der Waals surface area contributed by atoms with Crippen LogP contribution in [0.4, 0.5) is 8.78 Å². The molecule has 0 aromatic heterocycles. The lowest BCUT2D eigenvalue weighted by molar-refractivity contribution is 0.283. The maximum absolute atomic E-state index is 13.0. The molecule has 1 aromatic carbocycles. The van der Waals surface area contributed by atoms with Crippen LogP contribution in [-0.4, -0.2) is 18.7 Å². The molecule has 0 amide bonds. The Kier molecular flexibility index (Phi) is 6.40. The fourth-order valence-electron chi connectivity index (χ4n) is 1.77. The van der Waals surface area contributed by atoms with Crippen LogP contribution in [0.15, 0.2) is 18.2 Å². The van der Waals surface area contributed by atoms with Gasteiger partial charge in [-0.25, -0.2) is 8.78 Å². The first-order chi connectivity index (χ1) is 9.50. The number of rotatable bonds is 8. The molecule has 20 heavy (non-hydrogen) atoms. The van der Waals surface area contributed by atoms with Gasteiger partial charge in [-0.3, -0.25) is 5.32 Å². The number of benzene rings is 1. The van der Waals surface area contributed by atoms with E-state index in [9.17, 15) is 8.78 Å². The van der Waals surface area contributed by atoms with Crippen molar-refractivity contribution < 1.29 is 13.5 Å². The van der Waals surface area contributed by atoms with E-state index in [-0.39, 0.29) is 0 Å². The van der Waals surface area contributed by atoms with Gasteiger partial charge in [0.15, 0.2) is 11.6 Å². The monoisotopic (exact) mass is 282 g/mol. The number of nitrogens with one attached hydrogen (secondary N) is 1. The number of nitriles is 1. The van der Waals surface area contributed by atoms with Crippen LogP contribution in [0, 0.1) is 23.0 Å². The summed E-state index contributed by atoms with van der Waals surface area (Å²) in [5.74, 6) is -1.52. The smallest absolute Gasteiger partial charge is 0.162 e. The molecular formula is C15H20F2N2O. The molecule has 3 nitrogen and oxygen atoms in total. The Morgan fingerprint density at radius 2 is 2.10 bits per heavy atom. The van der Waals surface area contributed by atoms with E-state index in [0.29, 0.717) is 25.2 Å².